The highest BCUT2D eigenvalue weighted by Gasteiger charge is 2.43. The lowest BCUT2D eigenvalue weighted by Crippen LogP contribution is -2.45. The molecule has 0 radical (unpaired) electrons. The van der Waals surface area contributed by atoms with Crippen molar-refractivity contribution >= 4 is 11.5 Å². The first-order valence-corrected chi connectivity index (χ1v) is 8.45. The third kappa shape index (κ3) is 2.37. The minimum Gasteiger partial charge on any atom is -0.373 e. The van der Waals surface area contributed by atoms with Crippen LogP contribution >= 0.6 is 0 Å². The number of piperidine rings is 1. The van der Waals surface area contributed by atoms with Gasteiger partial charge in [-0.05, 0) is 38.3 Å². The number of nitrogens with zero attached hydrogens (tertiary/aromatic N) is 4. The minimum absolute atomic E-state index is 0.318. The predicted octanol–water partition coefficient (Wildman–Crippen LogP) is 3.08. The van der Waals surface area contributed by atoms with E-state index in [1.165, 1.54) is 24.1 Å². The van der Waals surface area contributed by atoms with Gasteiger partial charge in [-0.3, -0.25) is 0 Å². The van der Waals surface area contributed by atoms with Gasteiger partial charge in [0, 0.05) is 49.5 Å². The number of benzene rings is 1. The second kappa shape index (κ2) is 5.22. The van der Waals surface area contributed by atoms with Crippen molar-refractivity contribution in [2.24, 2.45) is 0 Å². The number of anilines is 2. The Morgan fingerprint density at radius 3 is 2.52 bits per heavy atom. The molecule has 2 aromatic rings. The Kier molecular flexibility index (Phi) is 3.29. The molecule has 1 spiro atoms. The van der Waals surface area contributed by atoms with Crippen LogP contribution in [0.1, 0.15) is 29.9 Å². The summed E-state index contributed by atoms with van der Waals surface area (Å²) in [5.41, 5.74) is 4.32. The number of hydrogen-bond donors (Lipinski definition) is 0. The maximum Gasteiger partial charge on any atom is 0.132 e. The topological polar surface area (TPSA) is 32.3 Å². The summed E-state index contributed by atoms with van der Waals surface area (Å²) < 4.78 is 0. The van der Waals surface area contributed by atoms with Crippen LogP contribution < -0.4 is 9.80 Å². The molecule has 1 fully saturated rings. The normalized spacial score (nSPS) is 19.3. The van der Waals surface area contributed by atoms with Crippen molar-refractivity contribution in [3.63, 3.8) is 0 Å². The average Bonchev–Trinajstić information content (AvgIpc) is 2.80. The van der Waals surface area contributed by atoms with Crippen LogP contribution in [0.5, 0.6) is 0 Å². The van der Waals surface area contributed by atoms with Gasteiger partial charge in [0.05, 0.1) is 0 Å². The predicted molar refractivity (Wildman–Crippen MR) is 94.3 cm³/mol. The van der Waals surface area contributed by atoms with Crippen molar-refractivity contribution in [3.05, 3.63) is 47.4 Å². The standard InChI is InChI=1S/C19H24N4/c1-14-12-18(21-15(2)20-14)23-10-8-19(9-11-23)13-22(3)17-7-5-4-6-16(17)19/h4-7,12H,8-11,13H2,1-3H3. The zero-order chi connectivity index (χ0) is 16.0. The van der Waals surface area contributed by atoms with Crippen molar-refractivity contribution in [2.75, 3.05) is 36.5 Å². The summed E-state index contributed by atoms with van der Waals surface area (Å²) >= 11 is 0. The van der Waals surface area contributed by atoms with Gasteiger partial charge in [0.2, 0.25) is 0 Å². The third-order valence-corrected chi connectivity index (χ3v) is 5.42. The highest BCUT2D eigenvalue weighted by molar-refractivity contribution is 5.62. The van der Waals surface area contributed by atoms with Crippen molar-refractivity contribution in [3.8, 4) is 0 Å². The highest BCUT2D eigenvalue weighted by atomic mass is 15.2. The maximum atomic E-state index is 4.64. The van der Waals surface area contributed by atoms with Gasteiger partial charge in [0.15, 0.2) is 0 Å². The number of rotatable bonds is 1. The SMILES string of the molecule is Cc1cc(N2CCC3(CC2)CN(C)c2ccccc23)nc(C)n1. The second-order valence-electron chi connectivity index (χ2n) is 7.06. The molecular weight excluding hydrogens is 284 g/mol. The Morgan fingerprint density at radius 2 is 1.78 bits per heavy atom. The van der Waals surface area contributed by atoms with Crippen LogP contribution in [-0.2, 0) is 5.41 Å². The van der Waals surface area contributed by atoms with Gasteiger partial charge in [0.1, 0.15) is 11.6 Å². The molecule has 0 unspecified atom stereocenters. The summed E-state index contributed by atoms with van der Waals surface area (Å²) in [6, 6.07) is 11.0. The summed E-state index contributed by atoms with van der Waals surface area (Å²) in [7, 11) is 2.22. The van der Waals surface area contributed by atoms with Gasteiger partial charge in [-0.1, -0.05) is 18.2 Å². The van der Waals surface area contributed by atoms with Gasteiger partial charge in [0.25, 0.3) is 0 Å². The van der Waals surface area contributed by atoms with E-state index in [4.69, 9.17) is 0 Å². The average molecular weight is 308 g/mol. The fourth-order valence-electron chi connectivity index (χ4n) is 4.33. The largest absolute Gasteiger partial charge is 0.373 e. The molecule has 4 rings (SSSR count). The number of likely N-dealkylation sites (N-methyl/N-ethyl adjacent to an activating group) is 1. The lowest BCUT2D eigenvalue weighted by Gasteiger charge is -2.40. The molecule has 23 heavy (non-hydrogen) atoms. The van der Waals surface area contributed by atoms with Gasteiger partial charge >= 0.3 is 0 Å². The van der Waals surface area contributed by atoms with E-state index in [1.807, 2.05) is 13.8 Å². The molecule has 0 atom stereocenters. The maximum absolute atomic E-state index is 4.64. The van der Waals surface area contributed by atoms with Crippen molar-refractivity contribution in [1.29, 1.82) is 0 Å². The monoisotopic (exact) mass is 308 g/mol. The summed E-state index contributed by atoms with van der Waals surface area (Å²) in [6.07, 6.45) is 2.38. The molecule has 2 aliphatic rings. The van der Waals surface area contributed by atoms with Gasteiger partial charge in [-0.25, -0.2) is 9.97 Å². The van der Waals surface area contributed by atoms with Gasteiger partial charge < -0.3 is 9.80 Å². The Bertz CT molecular complexity index is 712. The van der Waals surface area contributed by atoms with E-state index in [9.17, 15) is 0 Å². The molecule has 1 aromatic carbocycles. The summed E-state index contributed by atoms with van der Waals surface area (Å²) in [6.45, 7) is 7.30. The second-order valence-corrected chi connectivity index (χ2v) is 7.06. The summed E-state index contributed by atoms with van der Waals surface area (Å²) in [5.74, 6) is 1.95. The van der Waals surface area contributed by atoms with E-state index in [2.05, 4.69) is 57.1 Å². The van der Waals surface area contributed by atoms with Crippen LogP contribution in [0, 0.1) is 13.8 Å². The number of aryl methyl sites for hydroxylation is 2. The Labute approximate surface area is 138 Å². The summed E-state index contributed by atoms with van der Waals surface area (Å²) in [4.78, 5) is 13.9. The molecule has 3 heterocycles. The minimum atomic E-state index is 0.318. The summed E-state index contributed by atoms with van der Waals surface area (Å²) in [5, 5.41) is 0. The van der Waals surface area contributed by atoms with Crippen LogP contribution in [0.3, 0.4) is 0 Å². The Hall–Kier alpha value is -2.10. The molecule has 1 aromatic heterocycles. The molecule has 2 aliphatic heterocycles. The van der Waals surface area contributed by atoms with E-state index in [1.54, 1.807) is 0 Å². The van der Waals surface area contributed by atoms with E-state index >= 15 is 0 Å². The smallest absolute Gasteiger partial charge is 0.132 e. The molecule has 0 N–H and O–H groups in total. The zero-order valence-electron chi connectivity index (χ0n) is 14.2. The fourth-order valence-corrected chi connectivity index (χ4v) is 4.33. The molecule has 4 heteroatoms. The van der Waals surface area contributed by atoms with Crippen LogP contribution in [0.4, 0.5) is 11.5 Å². The lowest BCUT2D eigenvalue weighted by atomic mass is 9.74. The van der Waals surface area contributed by atoms with Gasteiger partial charge in [-0.15, -0.1) is 0 Å². The zero-order valence-corrected chi connectivity index (χ0v) is 14.2. The van der Waals surface area contributed by atoms with Crippen LogP contribution in [0.15, 0.2) is 30.3 Å². The number of para-hydroxylation sites is 1. The molecule has 0 saturated carbocycles. The molecule has 4 nitrogen and oxygen atoms in total. The Balaban J connectivity index is 1.58. The van der Waals surface area contributed by atoms with Crippen LogP contribution in [0.25, 0.3) is 0 Å². The quantitative estimate of drug-likeness (QED) is 0.810. The van der Waals surface area contributed by atoms with Crippen LogP contribution in [0.2, 0.25) is 0 Å². The Morgan fingerprint density at radius 1 is 1.04 bits per heavy atom. The third-order valence-electron chi connectivity index (χ3n) is 5.42. The van der Waals surface area contributed by atoms with Gasteiger partial charge in [-0.2, -0.15) is 0 Å². The van der Waals surface area contributed by atoms with E-state index < -0.39 is 0 Å². The first-order chi connectivity index (χ1) is 11.1. The van der Waals surface area contributed by atoms with E-state index in [-0.39, 0.29) is 0 Å². The number of fused-ring (bicyclic) bond motifs is 2. The lowest BCUT2D eigenvalue weighted by molar-refractivity contribution is 0.352. The molecule has 120 valence electrons. The van der Waals surface area contributed by atoms with Crippen molar-refractivity contribution in [1.82, 2.24) is 9.97 Å². The van der Waals surface area contributed by atoms with E-state index in [0.717, 1.165) is 37.0 Å². The molecular formula is C19H24N4. The molecule has 0 aliphatic carbocycles. The number of hydrogen-bond acceptors (Lipinski definition) is 4. The van der Waals surface area contributed by atoms with Crippen molar-refractivity contribution < 1.29 is 0 Å². The van der Waals surface area contributed by atoms with Crippen LogP contribution in [-0.4, -0.2) is 36.6 Å². The molecule has 0 bridgehead atoms. The molecule has 1 saturated heterocycles. The first-order valence-electron chi connectivity index (χ1n) is 8.45. The van der Waals surface area contributed by atoms with Crippen molar-refractivity contribution in [2.45, 2.75) is 32.1 Å². The first kappa shape index (κ1) is 14.5. The van der Waals surface area contributed by atoms with E-state index in [0.29, 0.717) is 5.41 Å². The molecule has 0 amide bonds. The fraction of sp³-hybridized carbons (Fsp3) is 0.474. The number of aromatic nitrogens is 2. The highest BCUT2D eigenvalue weighted by Crippen LogP contribution is 2.46.